The molecular weight excluding hydrogens is 365 g/mol. The second kappa shape index (κ2) is 8.65. The number of amides is 1. The minimum absolute atomic E-state index is 0.137. The number of ether oxygens (including phenoxy) is 1. The van der Waals surface area contributed by atoms with Crippen molar-refractivity contribution in [1.82, 2.24) is 0 Å². The molecule has 0 bridgehead atoms. The Kier molecular flexibility index (Phi) is 6.76. The summed E-state index contributed by atoms with van der Waals surface area (Å²) < 4.78 is 18.5. The molecular formula is C21H26FNO3S. The van der Waals surface area contributed by atoms with Gasteiger partial charge in [0.05, 0.1) is 12.2 Å². The zero-order valence-electron chi connectivity index (χ0n) is 16.4. The van der Waals surface area contributed by atoms with Crippen LogP contribution in [0.25, 0.3) is 0 Å². The van der Waals surface area contributed by atoms with Crippen molar-refractivity contribution >= 4 is 28.2 Å². The highest BCUT2D eigenvalue weighted by Gasteiger charge is 2.24. The fourth-order valence-electron chi connectivity index (χ4n) is 2.93. The number of benzene rings is 1. The van der Waals surface area contributed by atoms with E-state index in [4.69, 9.17) is 4.74 Å². The standard InChI is InChI=1S/C21H26FNO3S/c1-6-26-20(25)16-11-17(13(2)12-21(3,4)5)27-19(16)23-18(24)14-8-7-9-15(22)10-14/h7-11,13H,6,12H2,1-5H3,(H,23,24). The van der Waals surface area contributed by atoms with Gasteiger partial charge in [0, 0.05) is 10.4 Å². The van der Waals surface area contributed by atoms with Gasteiger partial charge >= 0.3 is 5.97 Å². The highest BCUT2D eigenvalue weighted by molar-refractivity contribution is 7.16. The molecule has 0 aliphatic heterocycles. The van der Waals surface area contributed by atoms with Crippen molar-refractivity contribution < 1.29 is 18.7 Å². The zero-order valence-corrected chi connectivity index (χ0v) is 17.2. The van der Waals surface area contributed by atoms with Gasteiger partial charge in [-0.1, -0.05) is 33.8 Å². The van der Waals surface area contributed by atoms with Crippen molar-refractivity contribution in [3.63, 3.8) is 0 Å². The molecule has 4 nitrogen and oxygen atoms in total. The van der Waals surface area contributed by atoms with Gasteiger partial charge in [-0.25, -0.2) is 9.18 Å². The summed E-state index contributed by atoms with van der Waals surface area (Å²) in [6, 6.07) is 7.23. The van der Waals surface area contributed by atoms with Gasteiger partial charge in [0.1, 0.15) is 10.8 Å². The first-order chi connectivity index (χ1) is 12.6. The normalized spacial score (nSPS) is 12.5. The first-order valence-corrected chi connectivity index (χ1v) is 9.80. The number of carbonyl (C=O) groups is 2. The van der Waals surface area contributed by atoms with Crippen molar-refractivity contribution in [3.8, 4) is 0 Å². The molecule has 0 aliphatic rings. The zero-order chi connectivity index (χ0) is 20.2. The van der Waals surface area contributed by atoms with Crippen molar-refractivity contribution in [1.29, 1.82) is 0 Å². The van der Waals surface area contributed by atoms with Crippen LogP contribution in [0.15, 0.2) is 30.3 Å². The third-order valence-corrected chi connectivity index (χ3v) is 5.25. The summed E-state index contributed by atoms with van der Waals surface area (Å²) in [5, 5.41) is 3.17. The number of halogens is 1. The van der Waals surface area contributed by atoms with E-state index in [0.29, 0.717) is 10.6 Å². The maximum atomic E-state index is 13.4. The molecule has 0 fully saturated rings. The first kappa shape index (κ1) is 21.1. The van der Waals surface area contributed by atoms with E-state index in [2.05, 4.69) is 33.0 Å². The molecule has 27 heavy (non-hydrogen) atoms. The number of hydrogen-bond acceptors (Lipinski definition) is 4. The lowest BCUT2D eigenvalue weighted by atomic mass is 9.85. The second-order valence-corrected chi connectivity index (χ2v) is 8.83. The number of esters is 1. The van der Waals surface area contributed by atoms with E-state index in [1.807, 2.05) is 0 Å². The largest absolute Gasteiger partial charge is 0.462 e. The van der Waals surface area contributed by atoms with Gasteiger partial charge in [0.25, 0.3) is 5.91 Å². The predicted octanol–water partition coefficient (Wildman–Crippen LogP) is 5.86. The minimum Gasteiger partial charge on any atom is -0.462 e. The molecule has 2 aromatic rings. The van der Waals surface area contributed by atoms with Crippen LogP contribution in [-0.4, -0.2) is 18.5 Å². The monoisotopic (exact) mass is 391 g/mol. The van der Waals surface area contributed by atoms with Crippen LogP contribution >= 0.6 is 11.3 Å². The van der Waals surface area contributed by atoms with Gasteiger partial charge in [-0.15, -0.1) is 11.3 Å². The van der Waals surface area contributed by atoms with Crippen LogP contribution in [-0.2, 0) is 4.74 Å². The third-order valence-electron chi connectivity index (χ3n) is 3.96. The molecule has 0 spiro atoms. The molecule has 0 aliphatic carbocycles. The summed E-state index contributed by atoms with van der Waals surface area (Å²) in [5.41, 5.74) is 0.670. The van der Waals surface area contributed by atoms with Crippen LogP contribution in [0.4, 0.5) is 9.39 Å². The molecule has 1 unspecified atom stereocenters. The van der Waals surface area contributed by atoms with Crippen LogP contribution < -0.4 is 5.32 Å². The Morgan fingerprint density at radius 2 is 1.96 bits per heavy atom. The van der Waals surface area contributed by atoms with Crippen LogP contribution in [0.3, 0.4) is 0 Å². The smallest absolute Gasteiger partial charge is 0.341 e. The van der Waals surface area contributed by atoms with Gasteiger partial charge in [-0.3, -0.25) is 4.79 Å². The third kappa shape index (κ3) is 5.89. The number of carbonyl (C=O) groups excluding carboxylic acids is 2. The summed E-state index contributed by atoms with van der Waals surface area (Å²) in [6.07, 6.45) is 0.938. The molecule has 0 saturated heterocycles. The summed E-state index contributed by atoms with van der Waals surface area (Å²) in [4.78, 5) is 25.8. The summed E-state index contributed by atoms with van der Waals surface area (Å²) in [7, 11) is 0. The molecule has 146 valence electrons. The fraction of sp³-hybridized carbons (Fsp3) is 0.429. The Morgan fingerprint density at radius 3 is 2.56 bits per heavy atom. The number of rotatable bonds is 6. The molecule has 1 amide bonds. The van der Waals surface area contributed by atoms with Crippen LogP contribution in [0, 0.1) is 11.2 Å². The van der Waals surface area contributed by atoms with Crippen LogP contribution in [0.1, 0.15) is 72.6 Å². The molecule has 1 aromatic heterocycles. The number of hydrogen-bond donors (Lipinski definition) is 1. The van der Waals surface area contributed by atoms with Crippen molar-refractivity contribution in [3.05, 3.63) is 52.2 Å². The lowest BCUT2D eigenvalue weighted by Crippen LogP contribution is -2.14. The van der Waals surface area contributed by atoms with Gasteiger partial charge < -0.3 is 10.1 Å². The Hall–Kier alpha value is -2.21. The maximum Gasteiger partial charge on any atom is 0.341 e. The van der Waals surface area contributed by atoms with Crippen LogP contribution in [0.5, 0.6) is 0 Å². The highest BCUT2D eigenvalue weighted by Crippen LogP contribution is 2.38. The van der Waals surface area contributed by atoms with Gasteiger partial charge in [0.2, 0.25) is 0 Å². The molecule has 1 aromatic carbocycles. The minimum atomic E-state index is -0.487. The van der Waals surface area contributed by atoms with Gasteiger partial charge in [-0.2, -0.15) is 0 Å². The Bertz CT molecular complexity index is 823. The molecule has 2 rings (SSSR count). The summed E-state index contributed by atoms with van der Waals surface area (Å²) >= 11 is 1.36. The maximum absolute atomic E-state index is 13.4. The van der Waals surface area contributed by atoms with E-state index in [1.165, 1.54) is 29.5 Å². The fourth-order valence-corrected chi connectivity index (χ4v) is 4.02. The number of nitrogens with one attached hydrogen (secondary N) is 1. The average Bonchev–Trinajstić information content (AvgIpc) is 2.97. The molecule has 1 N–H and O–H groups in total. The predicted molar refractivity (Wildman–Crippen MR) is 107 cm³/mol. The second-order valence-electron chi connectivity index (χ2n) is 7.74. The SMILES string of the molecule is CCOC(=O)c1cc(C(C)CC(C)(C)C)sc1NC(=O)c1cccc(F)c1. The van der Waals surface area contributed by atoms with E-state index in [9.17, 15) is 14.0 Å². The molecule has 0 saturated carbocycles. The van der Waals surface area contributed by atoms with Crippen molar-refractivity contribution in [2.45, 2.75) is 47.0 Å². The molecule has 1 atom stereocenters. The Labute approximate surface area is 163 Å². The quantitative estimate of drug-likeness (QED) is 0.628. The van der Waals surface area contributed by atoms with E-state index in [-0.39, 0.29) is 23.5 Å². The highest BCUT2D eigenvalue weighted by atomic mass is 32.1. The summed E-state index contributed by atoms with van der Waals surface area (Å²) in [6.45, 7) is 10.6. The lowest BCUT2D eigenvalue weighted by Gasteiger charge is -2.22. The van der Waals surface area contributed by atoms with Crippen molar-refractivity contribution in [2.75, 3.05) is 11.9 Å². The van der Waals surface area contributed by atoms with E-state index >= 15 is 0 Å². The molecule has 0 radical (unpaired) electrons. The Balaban J connectivity index is 2.32. The molecule has 6 heteroatoms. The van der Waals surface area contributed by atoms with E-state index < -0.39 is 17.7 Å². The average molecular weight is 392 g/mol. The van der Waals surface area contributed by atoms with Crippen molar-refractivity contribution in [2.24, 2.45) is 5.41 Å². The summed E-state index contributed by atoms with van der Waals surface area (Å²) in [5.74, 6) is -1.20. The first-order valence-electron chi connectivity index (χ1n) is 8.98. The number of thiophene rings is 1. The van der Waals surface area contributed by atoms with E-state index in [1.54, 1.807) is 13.0 Å². The van der Waals surface area contributed by atoms with Crippen LogP contribution in [0.2, 0.25) is 0 Å². The number of anilines is 1. The van der Waals surface area contributed by atoms with Gasteiger partial charge in [0.15, 0.2) is 0 Å². The topological polar surface area (TPSA) is 55.4 Å². The van der Waals surface area contributed by atoms with Gasteiger partial charge in [-0.05, 0) is 48.9 Å². The molecule has 1 heterocycles. The Morgan fingerprint density at radius 1 is 1.26 bits per heavy atom. The van der Waals surface area contributed by atoms with E-state index in [0.717, 1.165) is 17.4 Å². The lowest BCUT2D eigenvalue weighted by molar-refractivity contribution is 0.0528.